The van der Waals surface area contributed by atoms with Crippen molar-refractivity contribution in [1.29, 1.82) is 0 Å². The third-order valence-electron chi connectivity index (χ3n) is 3.18. The fourth-order valence-electron chi connectivity index (χ4n) is 2.10. The molecule has 0 aliphatic carbocycles. The van der Waals surface area contributed by atoms with Gasteiger partial charge in [0.05, 0.1) is 0 Å². The van der Waals surface area contributed by atoms with Crippen LogP contribution in [0, 0.1) is 6.92 Å². The predicted molar refractivity (Wildman–Crippen MR) is 79.1 cm³/mol. The molecule has 0 saturated carbocycles. The minimum atomic E-state index is 1.11. The average molecular weight is 228 g/mol. The molecule has 17 heavy (non-hydrogen) atoms. The van der Waals surface area contributed by atoms with Gasteiger partial charge in [-0.25, -0.2) is 0 Å². The minimum Gasteiger partial charge on any atom is -0.0955 e. The zero-order chi connectivity index (χ0) is 12.8. The third kappa shape index (κ3) is 3.89. The molecule has 92 valence electrons. The standard InChI is InChI=1S/C17H24/c1-6-7-8-9-14(4)16-10-11-17(13(2)3)15(5)12-16/h10-12H,2,4,6-9H2,1,3,5H3. The van der Waals surface area contributed by atoms with Crippen LogP contribution in [0.2, 0.25) is 0 Å². The quantitative estimate of drug-likeness (QED) is 0.554. The van der Waals surface area contributed by atoms with Gasteiger partial charge in [-0.2, -0.15) is 0 Å². The molecule has 0 saturated heterocycles. The monoisotopic (exact) mass is 228 g/mol. The smallest absolute Gasteiger partial charge is 0.0204 e. The van der Waals surface area contributed by atoms with Crippen LogP contribution < -0.4 is 0 Å². The van der Waals surface area contributed by atoms with E-state index in [9.17, 15) is 0 Å². The molecule has 0 radical (unpaired) electrons. The van der Waals surface area contributed by atoms with E-state index in [-0.39, 0.29) is 0 Å². The van der Waals surface area contributed by atoms with Crippen LogP contribution in [0.25, 0.3) is 11.1 Å². The molecule has 0 fully saturated rings. The molecule has 0 N–H and O–H groups in total. The summed E-state index contributed by atoms with van der Waals surface area (Å²) in [4.78, 5) is 0. The molecular weight excluding hydrogens is 204 g/mol. The molecule has 0 amide bonds. The summed E-state index contributed by atoms with van der Waals surface area (Å²) in [6.45, 7) is 14.6. The summed E-state index contributed by atoms with van der Waals surface area (Å²) >= 11 is 0. The van der Waals surface area contributed by atoms with Crippen molar-refractivity contribution in [3.05, 3.63) is 48.0 Å². The SMILES string of the molecule is C=C(CCCCC)c1ccc(C(=C)C)c(C)c1. The number of rotatable bonds is 6. The van der Waals surface area contributed by atoms with Gasteiger partial charge in [-0.3, -0.25) is 0 Å². The van der Waals surface area contributed by atoms with E-state index in [2.05, 4.69) is 52.1 Å². The Morgan fingerprint density at radius 3 is 2.41 bits per heavy atom. The zero-order valence-corrected chi connectivity index (χ0v) is 11.5. The number of hydrogen-bond donors (Lipinski definition) is 0. The lowest BCUT2D eigenvalue weighted by Gasteiger charge is -2.10. The second kappa shape index (κ2) is 6.44. The van der Waals surface area contributed by atoms with E-state index in [1.807, 2.05) is 0 Å². The molecular formula is C17H24. The van der Waals surface area contributed by atoms with E-state index in [1.54, 1.807) is 0 Å². The van der Waals surface area contributed by atoms with E-state index in [4.69, 9.17) is 0 Å². The maximum atomic E-state index is 4.19. The highest BCUT2D eigenvalue weighted by atomic mass is 14.1. The minimum absolute atomic E-state index is 1.11. The molecule has 0 bridgehead atoms. The van der Waals surface area contributed by atoms with E-state index in [0.717, 1.165) is 12.0 Å². The molecule has 0 unspecified atom stereocenters. The van der Waals surface area contributed by atoms with Crippen LogP contribution in [0.1, 0.15) is 56.2 Å². The third-order valence-corrected chi connectivity index (χ3v) is 3.18. The van der Waals surface area contributed by atoms with Crippen molar-refractivity contribution in [3.63, 3.8) is 0 Å². The Kier molecular flexibility index (Phi) is 5.21. The second-order valence-electron chi connectivity index (χ2n) is 4.87. The summed E-state index contributed by atoms with van der Waals surface area (Å²) in [7, 11) is 0. The van der Waals surface area contributed by atoms with Gasteiger partial charge < -0.3 is 0 Å². The summed E-state index contributed by atoms with van der Waals surface area (Å²) in [5.74, 6) is 0. The zero-order valence-electron chi connectivity index (χ0n) is 11.5. The average Bonchev–Trinajstić information content (AvgIpc) is 2.28. The van der Waals surface area contributed by atoms with Crippen molar-refractivity contribution < 1.29 is 0 Å². The first kappa shape index (κ1) is 13.8. The van der Waals surface area contributed by atoms with Crippen LogP contribution in [0.4, 0.5) is 0 Å². The van der Waals surface area contributed by atoms with E-state index in [1.165, 1.54) is 41.5 Å². The van der Waals surface area contributed by atoms with Gasteiger partial charge in [-0.15, -0.1) is 0 Å². The fraction of sp³-hybridized carbons (Fsp3) is 0.412. The van der Waals surface area contributed by atoms with Gasteiger partial charge >= 0.3 is 0 Å². The Morgan fingerprint density at radius 1 is 1.18 bits per heavy atom. The molecule has 1 aromatic carbocycles. The van der Waals surface area contributed by atoms with Crippen molar-refractivity contribution in [2.75, 3.05) is 0 Å². The lowest BCUT2D eigenvalue weighted by molar-refractivity contribution is 0.736. The maximum absolute atomic E-state index is 4.19. The normalized spacial score (nSPS) is 10.3. The van der Waals surface area contributed by atoms with Crippen molar-refractivity contribution in [2.45, 2.75) is 46.5 Å². The number of aryl methyl sites for hydroxylation is 1. The van der Waals surface area contributed by atoms with Crippen molar-refractivity contribution in [3.8, 4) is 0 Å². The molecule has 0 aliphatic heterocycles. The summed E-state index contributed by atoms with van der Waals surface area (Å²) in [5, 5.41) is 0. The fourth-order valence-corrected chi connectivity index (χ4v) is 2.10. The summed E-state index contributed by atoms with van der Waals surface area (Å²) < 4.78 is 0. The summed E-state index contributed by atoms with van der Waals surface area (Å²) in [6.07, 6.45) is 4.92. The first-order valence-corrected chi connectivity index (χ1v) is 6.51. The predicted octanol–water partition coefficient (Wildman–Crippen LogP) is 5.62. The van der Waals surface area contributed by atoms with Crippen molar-refractivity contribution in [2.24, 2.45) is 0 Å². The molecule has 0 aliphatic rings. The van der Waals surface area contributed by atoms with Crippen LogP contribution in [-0.2, 0) is 0 Å². The van der Waals surface area contributed by atoms with Gasteiger partial charge in [-0.1, -0.05) is 56.7 Å². The van der Waals surface area contributed by atoms with Crippen LogP contribution in [0.5, 0.6) is 0 Å². The Labute approximate surface area is 106 Å². The Hall–Kier alpha value is -1.30. The van der Waals surface area contributed by atoms with Gasteiger partial charge in [0.2, 0.25) is 0 Å². The maximum Gasteiger partial charge on any atom is -0.0204 e. The highest BCUT2D eigenvalue weighted by molar-refractivity contribution is 5.70. The topological polar surface area (TPSA) is 0 Å². The summed E-state index contributed by atoms with van der Waals surface area (Å²) in [6, 6.07) is 6.57. The molecule has 0 nitrogen and oxygen atoms in total. The van der Waals surface area contributed by atoms with Crippen LogP contribution in [0.15, 0.2) is 31.4 Å². The molecule has 0 heterocycles. The lowest BCUT2D eigenvalue weighted by Crippen LogP contribution is -1.89. The van der Waals surface area contributed by atoms with Gasteiger partial charge in [0.1, 0.15) is 0 Å². The Bertz CT molecular complexity index is 410. The molecule has 0 aromatic heterocycles. The van der Waals surface area contributed by atoms with Gasteiger partial charge in [0, 0.05) is 0 Å². The van der Waals surface area contributed by atoms with Crippen LogP contribution >= 0.6 is 0 Å². The Morgan fingerprint density at radius 2 is 1.88 bits per heavy atom. The molecule has 1 aromatic rings. The second-order valence-corrected chi connectivity index (χ2v) is 4.87. The van der Waals surface area contributed by atoms with Crippen molar-refractivity contribution >= 4 is 11.1 Å². The molecule has 0 spiro atoms. The largest absolute Gasteiger partial charge is 0.0955 e. The molecule has 0 heteroatoms. The van der Waals surface area contributed by atoms with E-state index >= 15 is 0 Å². The van der Waals surface area contributed by atoms with Crippen LogP contribution in [0.3, 0.4) is 0 Å². The number of unbranched alkanes of at least 4 members (excludes halogenated alkanes) is 2. The van der Waals surface area contributed by atoms with Gasteiger partial charge in [-0.05, 0) is 49.0 Å². The highest BCUT2D eigenvalue weighted by Gasteiger charge is 2.03. The number of allylic oxidation sites excluding steroid dienone is 2. The summed E-state index contributed by atoms with van der Waals surface area (Å²) in [5.41, 5.74) is 6.23. The lowest BCUT2D eigenvalue weighted by atomic mass is 9.95. The first-order valence-electron chi connectivity index (χ1n) is 6.51. The van der Waals surface area contributed by atoms with E-state index < -0.39 is 0 Å². The van der Waals surface area contributed by atoms with Crippen LogP contribution in [-0.4, -0.2) is 0 Å². The Balaban J connectivity index is 2.76. The highest BCUT2D eigenvalue weighted by Crippen LogP contribution is 2.24. The van der Waals surface area contributed by atoms with Gasteiger partial charge in [0.15, 0.2) is 0 Å². The van der Waals surface area contributed by atoms with E-state index in [0.29, 0.717) is 0 Å². The van der Waals surface area contributed by atoms with Crippen molar-refractivity contribution in [1.82, 2.24) is 0 Å². The molecule has 0 atom stereocenters. The molecule has 1 rings (SSSR count). The number of benzene rings is 1. The van der Waals surface area contributed by atoms with Gasteiger partial charge in [0.25, 0.3) is 0 Å². The number of hydrogen-bond acceptors (Lipinski definition) is 0. The first-order chi connectivity index (χ1) is 8.06.